The highest BCUT2D eigenvalue weighted by atomic mass is 19.1. The van der Waals surface area contributed by atoms with Gasteiger partial charge in [-0.05, 0) is 24.1 Å². The first kappa shape index (κ1) is 16.9. The summed E-state index contributed by atoms with van der Waals surface area (Å²) in [6, 6.07) is 5.48. The lowest BCUT2D eigenvalue weighted by molar-refractivity contribution is -0.157. The van der Waals surface area contributed by atoms with Crippen LogP contribution in [0.5, 0.6) is 0 Å². The first-order chi connectivity index (χ1) is 11.4. The van der Waals surface area contributed by atoms with Crippen molar-refractivity contribution in [3.8, 4) is 0 Å². The molecule has 2 N–H and O–H groups in total. The Morgan fingerprint density at radius 2 is 2.25 bits per heavy atom. The number of likely N-dealkylation sites (tertiary alicyclic amines) is 1. The van der Waals surface area contributed by atoms with E-state index in [9.17, 15) is 24.2 Å². The number of rotatable bonds is 4. The van der Waals surface area contributed by atoms with Gasteiger partial charge in [0.25, 0.3) is 0 Å². The van der Waals surface area contributed by atoms with Gasteiger partial charge in [-0.3, -0.25) is 9.59 Å². The van der Waals surface area contributed by atoms with Gasteiger partial charge in [-0.1, -0.05) is 12.1 Å². The molecular weight excluding hydrogens is 317 g/mol. The number of amides is 1. The predicted molar refractivity (Wildman–Crippen MR) is 81.6 cm³/mol. The third kappa shape index (κ3) is 3.01. The van der Waals surface area contributed by atoms with Gasteiger partial charge < -0.3 is 19.8 Å². The van der Waals surface area contributed by atoms with Crippen LogP contribution in [0.1, 0.15) is 24.5 Å². The van der Waals surface area contributed by atoms with E-state index in [2.05, 4.69) is 0 Å². The smallest absolute Gasteiger partial charge is 0.311 e. The maximum absolute atomic E-state index is 13.2. The molecule has 6 nitrogen and oxygen atoms in total. The van der Waals surface area contributed by atoms with Crippen LogP contribution in [0.4, 0.5) is 4.39 Å². The van der Waals surface area contributed by atoms with E-state index in [1.807, 2.05) is 0 Å². The Balaban J connectivity index is 1.69. The third-order valence-electron chi connectivity index (χ3n) is 5.09. The SMILES string of the molecule is O=C(CC(O)c1cccc(F)c1)N1C[C@H]2COCC[C@@]2(C(=O)O)C1. The lowest BCUT2D eigenvalue weighted by Gasteiger charge is -2.33. The minimum atomic E-state index is -1.12. The molecule has 1 unspecified atom stereocenters. The summed E-state index contributed by atoms with van der Waals surface area (Å²) in [6.07, 6.45) is -0.941. The van der Waals surface area contributed by atoms with E-state index in [4.69, 9.17) is 4.74 Å². The fraction of sp³-hybridized carbons (Fsp3) is 0.529. The van der Waals surface area contributed by atoms with E-state index in [-0.39, 0.29) is 24.8 Å². The van der Waals surface area contributed by atoms with Crippen LogP contribution in [0.25, 0.3) is 0 Å². The number of aliphatic hydroxyl groups is 1. The Labute approximate surface area is 138 Å². The van der Waals surface area contributed by atoms with E-state index in [0.29, 0.717) is 31.7 Å². The van der Waals surface area contributed by atoms with Gasteiger partial charge in [0, 0.05) is 25.6 Å². The average Bonchev–Trinajstić information content (AvgIpc) is 2.96. The van der Waals surface area contributed by atoms with Gasteiger partial charge in [0.2, 0.25) is 5.91 Å². The fourth-order valence-electron chi connectivity index (χ4n) is 3.62. The molecule has 2 saturated heterocycles. The van der Waals surface area contributed by atoms with Crippen molar-refractivity contribution in [3.05, 3.63) is 35.6 Å². The van der Waals surface area contributed by atoms with Crippen molar-refractivity contribution in [3.63, 3.8) is 0 Å². The summed E-state index contributed by atoms with van der Waals surface area (Å²) in [5.41, 5.74) is -0.631. The highest BCUT2D eigenvalue weighted by Crippen LogP contribution is 2.42. The molecule has 1 aromatic rings. The van der Waals surface area contributed by atoms with E-state index in [0.717, 1.165) is 0 Å². The Hall–Kier alpha value is -1.99. The number of carbonyl (C=O) groups excluding carboxylic acids is 1. The quantitative estimate of drug-likeness (QED) is 0.862. The molecule has 1 aromatic carbocycles. The molecule has 0 aromatic heterocycles. The molecule has 0 aliphatic carbocycles. The number of halogens is 1. The molecule has 0 radical (unpaired) electrons. The van der Waals surface area contributed by atoms with Gasteiger partial charge >= 0.3 is 5.97 Å². The minimum absolute atomic E-state index is 0.130. The normalized spacial score (nSPS) is 27.6. The monoisotopic (exact) mass is 337 g/mol. The molecule has 1 amide bonds. The summed E-state index contributed by atoms with van der Waals surface area (Å²) in [5.74, 6) is -1.95. The first-order valence-corrected chi connectivity index (χ1v) is 7.95. The molecule has 7 heteroatoms. The highest BCUT2D eigenvalue weighted by molar-refractivity contribution is 5.81. The lowest BCUT2D eigenvalue weighted by Crippen LogP contribution is -2.45. The largest absolute Gasteiger partial charge is 0.481 e. The van der Waals surface area contributed by atoms with E-state index >= 15 is 0 Å². The van der Waals surface area contributed by atoms with Crippen molar-refractivity contribution >= 4 is 11.9 Å². The van der Waals surface area contributed by atoms with Gasteiger partial charge in [-0.25, -0.2) is 4.39 Å². The van der Waals surface area contributed by atoms with Crippen LogP contribution in [0.2, 0.25) is 0 Å². The molecule has 2 aliphatic rings. The van der Waals surface area contributed by atoms with E-state index in [1.54, 1.807) is 6.07 Å². The van der Waals surface area contributed by atoms with Crippen molar-refractivity contribution in [2.24, 2.45) is 11.3 Å². The van der Waals surface area contributed by atoms with Crippen LogP contribution >= 0.6 is 0 Å². The van der Waals surface area contributed by atoms with Crippen LogP contribution in [-0.4, -0.2) is 53.3 Å². The Morgan fingerprint density at radius 1 is 1.46 bits per heavy atom. The van der Waals surface area contributed by atoms with Gasteiger partial charge in [0.1, 0.15) is 5.82 Å². The van der Waals surface area contributed by atoms with Crippen LogP contribution in [0.15, 0.2) is 24.3 Å². The highest BCUT2D eigenvalue weighted by Gasteiger charge is 2.54. The molecule has 0 saturated carbocycles. The second-order valence-corrected chi connectivity index (χ2v) is 6.53. The fourth-order valence-corrected chi connectivity index (χ4v) is 3.62. The molecule has 3 atom stereocenters. The Kier molecular flexibility index (Phi) is 4.56. The number of aliphatic hydroxyl groups excluding tert-OH is 1. The van der Waals surface area contributed by atoms with Gasteiger partial charge in [-0.15, -0.1) is 0 Å². The van der Waals surface area contributed by atoms with Crippen LogP contribution in [-0.2, 0) is 14.3 Å². The van der Waals surface area contributed by atoms with Gasteiger partial charge in [-0.2, -0.15) is 0 Å². The number of hydrogen-bond acceptors (Lipinski definition) is 4. The predicted octanol–water partition coefficient (Wildman–Crippen LogP) is 1.20. The number of carbonyl (C=O) groups is 2. The average molecular weight is 337 g/mol. The molecule has 130 valence electrons. The number of carboxylic acids is 1. The van der Waals surface area contributed by atoms with E-state index < -0.39 is 23.3 Å². The molecule has 3 rings (SSSR count). The van der Waals surface area contributed by atoms with Crippen LogP contribution < -0.4 is 0 Å². The number of hydrogen-bond donors (Lipinski definition) is 2. The summed E-state index contributed by atoms with van der Waals surface area (Å²) >= 11 is 0. The van der Waals surface area contributed by atoms with Crippen LogP contribution in [0.3, 0.4) is 0 Å². The number of nitrogens with zero attached hydrogens (tertiary/aromatic N) is 1. The Bertz CT molecular complexity index is 652. The third-order valence-corrected chi connectivity index (χ3v) is 5.09. The van der Waals surface area contributed by atoms with Crippen LogP contribution in [0, 0.1) is 17.2 Å². The zero-order chi connectivity index (χ0) is 17.3. The molecule has 0 spiro atoms. The summed E-state index contributed by atoms with van der Waals surface area (Å²) in [4.78, 5) is 25.7. The number of fused-ring (bicyclic) bond motifs is 1. The standard InChI is InChI=1S/C17H20FNO5/c18-13-3-1-2-11(6-13)14(20)7-15(21)19-8-12-9-24-5-4-17(12,10-19)16(22)23/h1-3,6,12,14,20H,4-5,7-10H2,(H,22,23)/t12-,14?,17+/m0/s1. The second-order valence-electron chi connectivity index (χ2n) is 6.53. The molecule has 2 heterocycles. The van der Waals surface area contributed by atoms with Crippen molar-refractivity contribution in [2.45, 2.75) is 18.9 Å². The Morgan fingerprint density at radius 3 is 2.92 bits per heavy atom. The number of benzene rings is 1. The molecule has 24 heavy (non-hydrogen) atoms. The number of carboxylic acid groups (broad SMARTS) is 1. The maximum Gasteiger partial charge on any atom is 0.311 e. The van der Waals surface area contributed by atoms with Crippen molar-refractivity contribution in [1.82, 2.24) is 4.90 Å². The molecule has 0 bridgehead atoms. The zero-order valence-electron chi connectivity index (χ0n) is 13.2. The molecular formula is C17H20FNO5. The summed E-state index contributed by atoms with van der Waals surface area (Å²) in [7, 11) is 0. The molecule has 2 aliphatic heterocycles. The first-order valence-electron chi connectivity index (χ1n) is 7.95. The van der Waals surface area contributed by atoms with Gasteiger partial charge in [0.05, 0.1) is 24.5 Å². The second kappa shape index (κ2) is 6.49. The van der Waals surface area contributed by atoms with E-state index in [1.165, 1.54) is 23.1 Å². The summed E-state index contributed by atoms with van der Waals surface area (Å²) in [6.45, 7) is 1.13. The van der Waals surface area contributed by atoms with Crippen molar-refractivity contribution in [2.75, 3.05) is 26.3 Å². The summed E-state index contributed by atoms with van der Waals surface area (Å²) in [5, 5.41) is 19.8. The maximum atomic E-state index is 13.2. The summed E-state index contributed by atoms with van der Waals surface area (Å²) < 4.78 is 18.6. The minimum Gasteiger partial charge on any atom is -0.481 e. The van der Waals surface area contributed by atoms with Crippen molar-refractivity contribution < 1.29 is 28.9 Å². The number of aliphatic carboxylic acids is 1. The zero-order valence-corrected chi connectivity index (χ0v) is 13.2. The molecule has 2 fully saturated rings. The number of ether oxygens (including phenoxy) is 1. The topological polar surface area (TPSA) is 87.1 Å². The lowest BCUT2D eigenvalue weighted by atomic mass is 9.74. The van der Waals surface area contributed by atoms with Gasteiger partial charge in [0.15, 0.2) is 0 Å². The van der Waals surface area contributed by atoms with Crippen molar-refractivity contribution in [1.29, 1.82) is 0 Å².